The molecule has 0 radical (unpaired) electrons. The highest BCUT2D eigenvalue weighted by Gasteiger charge is 2.27. The van der Waals surface area contributed by atoms with Crippen LogP contribution in [-0.4, -0.2) is 47.3 Å². The molecule has 0 saturated carbocycles. The Morgan fingerprint density at radius 3 is 3.14 bits per heavy atom. The number of aromatic nitrogens is 2. The third-order valence-electron chi connectivity index (χ3n) is 4.08. The molecular formula is C16H22N4O2. The van der Waals surface area contributed by atoms with E-state index in [1.54, 1.807) is 0 Å². The number of carbonyl (C=O) groups excluding carboxylic acids is 1. The molecule has 3 rings (SSSR count). The van der Waals surface area contributed by atoms with Crippen molar-refractivity contribution in [3.05, 3.63) is 30.1 Å². The van der Waals surface area contributed by atoms with Crippen LogP contribution >= 0.6 is 0 Å². The third-order valence-corrected chi connectivity index (χ3v) is 4.08. The molecule has 1 saturated heterocycles. The second kappa shape index (κ2) is 6.46. The van der Waals surface area contributed by atoms with E-state index >= 15 is 0 Å². The average Bonchev–Trinajstić information content (AvgIpc) is 2.83. The van der Waals surface area contributed by atoms with Crippen LogP contribution in [-0.2, 0) is 16.1 Å². The largest absolute Gasteiger partial charge is 0.375 e. The van der Waals surface area contributed by atoms with Gasteiger partial charge < -0.3 is 19.9 Å². The molecule has 0 unspecified atom stereocenters. The van der Waals surface area contributed by atoms with Crippen molar-refractivity contribution < 1.29 is 9.53 Å². The van der Waals surface area contributed by atoms with Gasteiger partial charge in [0.25, 0.3) is 0 Å². The third kappa shape index (κ3) is 2.98. The lowest BCUT2D eigenvalue weighted by molar-refractivity contribution is -0.128. The molecule has 2 aromatic rings. The highest BCUT2D eigenvalue weighted by atomic mass is 16.5. The van der Waals surface area contributed by atoms with Crippen LogP contribution in [0.4, 0.5) is 0 Å². The molecule has 6 nitrogen and oxygen atoms in total. The summed E-state index contributed by atoms with van der Waals surface area (Å²) in [4.78, 5) is 16.7. The van der Waals surface area contributed by atoms with Crippen LogP contribution < -0.4 is 10.6 Å². The van der Waals surface area contributed by atoms with Crippen LogP contribution in [0.5, 0.6) is 0 Å². The Kier molecular flexibility index (Phi) is 4.40. The lowest BCUT2D eigenvalue weighted by Crippen LogP contribution is -2.55. The molecule has 0 spiro atoms. The van der Waals surface area contributed by atoms with Crippen molar-refractivity contribution >= 4 is 16.9 Å². The number of ether oxygens (including phenoxy) is 1. The van der Waals surface area contributed by atoms with Gasteiger partial charge in [-0.25, -0.2) is 4.98 Å². The normalized spacial score (nSPS) is 21.9. The van der Waals surface area contributed by atoms with Crippen LogP contribution in [0.25, 0.3) is 11.0 Å². The molecule has 2 atom stereocenters. The molecule has 1 aromatic heterocycles. The first kappa shape index (κ1) is 15.0. The molecule has 1 aliphatic heterocycles. The number of morpholine rings is 1. The van der Waals surface area contributed by atoms with Crippen molar-refractivity contribution in [1.29, 1.82) is 0 Å². The second-order valence-electron chi connectivity index (χ2n) is 5.60. The fraction of sp³-hybridized carbons (Fsp3) is 0.500. The number of fused-ring (bicyclic) bond motifs is 1. The quantitative estimate of drug-likeness (QED) is 0.878. The molecule has 2 N–H and O–H groups in total. The molecule has 0 bridgehead atoms. The fourth-order valence-corrected chi connectivity index (χ4v) is 2.91. The van der Waals surface area contributed by atoms with Gasteiger partial charge in [-0.3, -0.25) is 4.79 Å². The maximum absolute atomic E-state index is 12.2. The summed E-state index contributed by atoms with van der Waals surface area (Å²) in [5, 5.41) is 6.18. The molecule has 118 valence electrons. The summed E-state index contributed by atoms with van der Waals surface area (Å²) in [6, 6.07) is 7.77. The minimum absolute atomic E-state index is 0.00530. The fourth-order valence-electron chi connectivity index (χ4n) is 2.91. The summed E-state index contributed by atoms with van der Waals surface area (Å²) >= 11 is 0. The number of rotatable bonds is 4. The zero-order valence-corrected chi connectivity index (χ0v) is 13.0. The van der Waals surface area contributed by atoms with Crippen molar-refractivity contribution in [3.63, 3.8) is 0 Å². The van der Waals surface area contributed by atoms with Gasteiger partial charge in [0.1, 0.15) is 11.9 Å². The molecule has 1 aromatic carbocycles. The molecule has 1 fully saturated rings. The van der Waals surface area contributed by atoms with E-state index in [0.717, 1.165) is 16.9 Å². The number of benzene rings is 1. The number of para-hydroxylation sites is 2. The lowest BCUT2D eigenvalue weighted by atomic mass is 10.1. The van der Waals surface area contributed by atoms with Gasteiger partial charge in [-0.2, -0.15) is 0 Å². The summed E-state index contributed by atoms with van der Waals surface area (Å²) in [6.45, 7) is 6.56. The monoisotopic (exact) mass is 302 g/mol. The van der Waals surface area contributed by atoms with Gasteiger partial charge in [0.05, 0.1) is 23.7 Å². The van der Waals surface area contributed by atoms with Crippen LogP contribution in [0.15, 0.2) is 24.3 Å². The highest BCUT2D eigenvalue weighted by Crippen LogP contribution is 2.14. The summed E-state index contributed by atoms with van der Waals surface area (Å²) < 4.78 is 7.63. The average molecular weight is 302 g/mol. The molecule has 2 heterocycles. The van der Waals surface area contributed by atoms with Crippen molar-refractivity contribution in [1.82, 2.24) is 20.2 Å². The topological polar surface area (TPSA) is 68.2 Å². The number of nitrogens with zero attached hydrogens (tertiary/aromatic N) is 2. The Hall–Kier alpha value is -1.92. The van der Waals surface area contributed by atoms with E-state index in [9.17, 15) is 4.79 Å². The number of hydrogen-bond acceptors (Lipinski definition) is 4. The standard InChI is InChI=1S/C16H22N4O2/c1-11-15(17-8-10-22-11)16(21)18-7-9-20-12(2)19-13-5-3-4-6-14(13)20/h3-6,11,15,17H,7-10H2,1-2H3,(H,18,21)/t11-,15+/m1/s1. The highest BCUT2D eigenvalue weighted by molar-refractivity contribution is 5.82. The Morgan fingerprint density at radius 1 is 1.50 bits per heavy atom. The van der Waals surface area contributed by atoms with Crippen LogP contribution in [0, 0.1) is 6.92 Å². The van der Waals surface area contributed by atoms with Gasteiger partial charge in [-0.15, -0.1) is 0 Å². The number of amides is 1. The first-order valence-corrected chi connectivity index (χ1v) is 7.71. The van der Waals surface area contributed by atoms with Gasteiger partial charge in [0.15, 0.2) is 0 Å². The van der Waals surface area contributed by atoms with E-state index < -0.39 is 0 Å². The van der Waals surface area contributed by atoms with E-state index in [4.69, 9.17) is 4.74 Å². The Labute approximate surface area is 129 Å². The summed E-state index contributed by atoms with van der Waals surface area (Å²) in [5.41, 5.74) is 2.09. The maximum Gasteiger partial charge on any atom is 0.239 e. The summed E-state index contributed by atoms with van der Waals surface area (Å²) in [5.74, 6) is 0.956. The number of nitrogens with one attached hydrogen (secondary N) is 2. The van der Waals surface area contributed by atoms with Crippen molar-refractivity contribution in [2.75, 3.05) is 19.7 Å². The SMILES string of the molecule is Cc1nc2ccccc2n1CCNC(=O)[C@H]1NCCO[C@@H]1C. The van der Waals surface area contributed by atoms with Crippen molar-refractivity contribution in [2.45, 2.75) is 32.5 Å². The number of hydrogen-bond donors (Lipinski definition) is 2. The minimum Gasteiger partial charge on any atom is -0.375 e. The molecule has 1 amide bonds. The van der Waals surface area contributed by atoms with Gasteiger partial charge in [0.2, 0.25) is 5.91 Å². The van der Waals surface area contributed by atoms with Crippen molar-refractivity contribution in [2.24, 2.45) is 0 Å². The van der Waals surface area contributed by atoms with E-state index in [-0.39, 0.29) is 18.1 Å². The van der Waals surface area contributed by atoms with Crippen LogP contribution in [0.1, 0.15) is 12.7 Å². The smallest absolute Gasteiger partial charge is 0.239 e. The minimum atomic E-state index is -0.269. The molecule has 22 heavy (non-hydrogen) atoms. The Bertz CT molecular complexity index is 667. The first-order valence-electron chi connectivity index (χ1n) is 7.71. The summed E-state index contributed by atoms with van der Waals surface area (Å²) in [6.07, 6.45) is -0.0930. The van der Waals surface area contributed by atoms with Crippen molar-refractivity contribution in [3.8, 4) is 0 Å². The van der Waals surface area contributed by atoms with Crippen LogP contribution in [0.2, 0.25) is 0 Å². The lowest BCUT2D eigenvalue weighted by Gasteiger charge is -2.29. The molecular weight excluding hydrogens is 280 g/mol. The number of imidazole rings is 1. The zero-order valence-electron chi connectivity index (χ0n) is 13.0. The Morgan fingerprint density at radius 2 is 2.32 bits per heavy atom. The molecule has 6 heteroatoms. The number of aryl methyl sites for hydroxylation is 1. The first-order chi connectivity index (χ1) is 10.7. The van der Waals surface area contributed by atoms with Gasteiger partial charge in [-0.1, -0.05) is 12.1 Å². The summed E-state index contributed by atoms with van der Waals surface area (Å²) in [7, 11) is 0. The van der Waals surface area contributed by atoms with E-state index in [1.165, 1.54) is 0 Å². The van der Waals surface area contributed by atoms with E-state index in [2.05, 4.69) is 26.3 Å². The predicted octanol–water partition coefficient (Wildman–Crippen LogP) is 0.838. The Balaban J connectivity index is 1.60. The number of carbonyl (C=O) groups is 1. The van der Waals surface area contributed by atoms with E-state index in [0.29, 0.717) is 26.2 Å². The van der Waals surface area contributed by atoms with Gasteiger partial charge >= 0.3 is 0 Å². The van der Waals surface area contributed by atoms with Gasteiger partial charge in [0, 0.05) is 19.6 Å². The van der Waals surface area contributed by atoms with E-state index in [1.807, 2.05) is 32.0 Å². The predicted molar refractivity (Wildman–Crippen MR) is 84.7 cm³/mol. The maximum atomic E-state index is 12.2. The second-order valence-corrected chi connectivity index (χ2v) is 5.60. The van der Waals surface area contributed by atoms with Gasteiger partial charge in [-0.05, 0) is 26.0 Å². The zero-order chi connectivity index (χ0) is 15.5. The van der Waals surface area contributed by atoms with Crippen LogP contribution in [0.3, 0.4) is 0 Å². The molecule has 0 aliphatic carbocycles. The molecule has 1 aliphatic rings.